The second-order valence-corrected chi connectivity index (χ2v) is 15.5. The van der Waals surface area contributed by atoms with Crippen LogP contribution in [0.5, 0.6) is 0 Å². The van der Waals surface area contributed by atoms with Gasteiger partial charge in [0.15, 0.2) is 11.7 Å². The molecule has 9 aromatic rings. The number of allylic oxidation sites excluding steroid dienone is 2. The van der Waals surface area contributed by atoms with Crippen molar-refractivity contribution in [3.05, 3.63) is 160 Å². The molecule has 6 heteroatoms. The number of thiophene rings is 2. The Bertz CT molecular complexity index is 3190. The van der Waals surface area contributed by atoms with E-state index in [-0.39, 0.29) is 0 Å². The zero-order valence-corrected chi connectivity index (χ0v) is 31.2. The average Bonchev–Trinajstić information content (AvgIpc) is 3.85. The first-order valence-electron chi connectivity index (χ1n) is 18.1. The zero-order valence-electron chi connectivity index (χ0n) is 29.5. The summed E-state index contributed by atoms with van der Waals surface area (Å²) < 4.78 is 11.7. The highest BCUT2D eigenvalue weighted by molar-refractivity contribution is 7.26. The van der Waals surface area contributed by atoms with Crippen molar-refractivity contribution in [2.24, 2.45) is 15.0 Å². The summed E-state index contributed by atoms with van der Waals surface area (Å²) >= 11 is 3.72. The predicted octanol–water partition coefficient (Wildman–Crippen LogP) is 11.8. The van der Waals surface area contributed by atoms with E-state index in [2.05, 4.69) is 115 Å². The molecule has 0 bridgehead atoms. The van der Waals surface area contributed by atoms with E-state index in [4.69, 9.17) is 14.4 Å². The minimum absolute atomic E-state index is 0.531. The molecule has 1 aliphatic rings. The second kappa shape index (κ2) is 13.3. The Kier molecular flexibility index (Phi) is 8.01. The summed E-state index contributed by atoms with van der Waals surface area (Å²) in [7, 11) is 0. The molecule has 0 unspecified atom stereocenters. The molecule has 0 saturated carbocycles. The molecule has 3 heterocycles. The van der Waals surface area contributed by atoms with Gasteiger partial charge in [-0.25, -0.2) is 9.98 Å². The fraction of sp³-hybridized carbons (Fsp3) is 0.0625. The first-order chi connectivity index (χ1) is 26.7. The van der Waals surface area contributed by atoms with E-state index in [0.717, 1.165) is 45.0 Å². The molecular formula is C48H33N3OS2. The molecule has 54 heavy (non-hydrogen) atoms. The normalized spacial score (nSPS) is 13.6. The van der Waals surface area contributed by atoms with Gasteiger partial charge in [-0.1, -0.05) is 97.1 Å². The fourth-order valence-electron chi connectivity index (χ4n) is 7.74. The monoisotopic (exact) mass is 731 g/mol. The Hall–Kier alpha value is -6.21. The lowest BCUT2D eigenvalue weighted by molar-refractivity contribution is 0.669. The smallest absolute Gasteiger partial charge is 0.161 e. The van der Waals surface area contributed by atoms with Gasteiger partial charge in [0.25, 0.3) is 0 Å². The number of furan rings is 1. The molecular weight excluding hydrogens is 699 g/mol. The number of nitrogens with zero attached hydrogens (tertiary/aromatic N) is 3. The van der Waals surface area contributed by atoms with Crippen molar-refractivity contribution in [3.63, 3.8) is 0 Å². The molecule has 1 aliphatic carbocycles. The van der Waals surface area contributed by atoms with E-state index in [0.29, 0.717) is 18.2 Å². The van der Waals surface area contributed by atoms with Crippen molar-refractivity contribution in [1.29, 1.82) is 0 Å². The van der Waals surface area contributed by atoms with Crippen LogP contribution < -0.4 is 9.75 Å². The van der Waals surface area contributed by atoms with E-state index >= 15 is 0 Å². The average molecular weight is 732 g/mol. The molecule has 0 radical (unpaired) electrons. The molecule has 258 valence electrons. The molecule has 0 spiro atoms. The van der Waals surface area contributed by atoms with Gasteiger partial charge < -0.3 is 4.42 Å². The van der Waals surface area contributed by atoms with Gasteiger partial charge in [-0.2, -0.15) is 0 Å². The maximum atomic E-state index is 6.46. The Morgan fingerprint density at radius 2 is 1.46 bits per heavy atom. The van der Waals surface area contributed by atoms with Crippen molar-refractivity contribution in [2.75, 3.05) is 6.54 Å². The Morgan fingerprint density at radius 1 is 0.667 bits per heavy atom. The number of benzene rings is 6. The molecule has 0 atom stereocenters. The predicted molar refractivity (Wildman–Crippen MR) is 234 cm³/mol. The van der Waals surface area contributed by atoms with Crippen molar-refractivity contribution in [2.45, 2.75) is 13.3 Å². The highest BCUT2D eigenvalue weighted by atomic mass is 32.1. The van der Waals surface area contributed by atoms with E-state index < -0.39 is 0 Å². The minimum Gasteiger partial charge on any atom is -0.456 e. The molecule has 6 aromatic carbocycles. The molecule has 0 fully saturated rings. The van der Waals surface area contributed by atoms with Crippen LogP contribution in [0.2, 0.25) is 0 Å². The van der Waals surface area contributed by atoms with Gasteiger partial charge in [0, 0.05) is 57.8 Å². The minimum atomic E-state index is 0.531. The van der Waals surface area contributed by atoms with Crippen LogP contribution in [0.25, 0.3) is 81.0 Å². The van der Waals surface area contributed by atoms with Crippen LogP contribution in [0.4, 0.5) is 0 Å². The first-order valence-corrected chi connectivity index (χ1v) is 19.8. The van der Waals surface area contributed by atoms with E-state index in [9.17, 15) is 0 Å². The van der Waals surface area contributed by atoms with Crippen molar-refractivity contribution in [1.82, 2.24) is 0 Å². The van der Waals surface area contributed by atoms with Gasteiger partial charge in [-0.15, -0.1) is 22.7 Å². The quantitative estimate of drug-likeness (QED) is 0.128. The van der Waals surface area contributed by atoms with Crippen LogP contribution in [0.3, 0.4) is 0 Å². The third kappa shape index (κ3) is 5.45. The lowest BCUT2D eigenvalue weighted by Gasteiger charge is -2.08. The SMILES string of the molecule is C=NC(=NC(=NCC)c1cccc2oc3ccc(-c4cccc5sc6ccc(C7=CCC=c8c(sc9ccccc89)=C7)cc6c45)cc3c12)c1ccccc1. The summed E-state index contributed by atoms with van der Waals surface area (Å²) in [5.41, 5.74) is 8.25. The van der Waals surface area contributed by atoms with Crippen LogP contribution in [0.1, 0.15) is 30.0 Å². The van der Waals surface area contributed by atoms with Crippen LogP contribution in [-0.2, 0) is 0 Å². The summed E-state index contributed by atoms with van der Waals surface area (Å²) in [6.07, 6.45) is 8.02. The molecule has 0 saturated heterocycles. The van der Waals surface area contributed by atoms with Crippen molar-refractivity contribution >= 4 is 111 Å². The highest BCUT2D eigenvalue weighted by Gasteiger charge is 2.19. The fourth-order valence-corrected chi connectivity index (χ4v) is 10.0. The number of hydrogen-bond donors (Lipinski definition) is 0. The van der Waals surface area contributed by atoms with Crippen LogP contribution >= 0.6 is 22.7 Å². The topological polar surface area (TPSA) is 50.2 Å². The van der Waals surface area contributed by atoms with Gasteiger partial charge in [-0.3, -0.25) is 4.99 Å². The Morgan fingerprint density at radius 3 is 2.35 bits per heavy atom. The number of rotatable bonds is 5. The standard InChI is InChI=1S/C48H33N3OS2/c1-3-50-48(51-47(49-2)29-12-5-4-6-13-29)36-18-10-19-40-45(36)37-27-32(22-24-39(37)52-40)33-16-11-21-43-46(33)38-26-31(23-25-42(38)53-43)30-14-9-17-35-34-15-7-8-20-41(34)54-44(35)28-30/h4-8,10-28H,2-3,9H2,1H3. The molecule has 3 aromatic heterocycles. The van der Waals surface area contributed by atoms with Gasteiger partial charge in [0.1, 0.15) is 11.2 Å². The summed E-state index contributed by atoms with van der Waals surface area (Å²) in [6, 6.07) is 44.9. The van der Waals surface area contributed by atoms with E-state index in [1.54, 1.807) is 0 Å². The lowest BCUT2D eigenvalue weighted by atomic mass is 9.95. The molecule has 0 amide bonds. The number of amidine groups is 2. The largest absolute Gasteiger partial charge is 0.456 e. The third-order valence-electron chi connectivity index (χ3n) is 10.2. The van der Waals surface area contributed by atoms with Crippen molar-refractivity contribution < 1.29 is 4.42 Å². The highest BCUT2D eigenvalue weighted by Crippen LogP contribution is 2.43. The first kappa shape index (κ1) is 32.4. The van der Waals surface area contributed by atoms with Crippen molar-refractivity contribution in [3.8, 4) is 11.1 Å². The summed E-state index contributed by atoms with van der Waals surface area (Å²) in [5.74, 6) is 1.13. The van der Waals surface area contributed by atoms with Gasteiger partial charge in [0.2, 0.25) is 0 Å². The van der Waals surface area contributed by atoms with Gasteiger partial charge in [-0.05, 0) is 101 Å². The number of hydrogen-bond acceptors (Lipinski definition) is 4. The van der Waals surface area contributed by atoms with Gasteiger partial charge in [0.05, 0.1) is 0 Å². The van der Waals surface area contributed by atoms with E-state index in [1.807, 2.05) is 72.1 Å². The summed E-state index contributed by atoms with van der Waals surface area (Å²) in [4.78, 5) is 14.1. The molecule has 0 N–H and O–H groups in total. The zero-order chi connectivity index (χ0) is 36.2. The Labute approximate surface area is 319 Å². The third-order valence-corrected chi connectivity index (χ3v) is 12.5. The number of fused-ring (bicyclic) bond motifs is 9. The Balaban J connectivity index is 1.12. The molecule has 0 aliphatic heterocycles. The molecule has 4 nitrogen and oxygen atoms in total. The lowest BCUT2D eigenvalue weighted by Crippen LogP contribution is -2.17. The van der Waals surface area contributed by atoms with Crippen LogP contribution in [-0.4, -0.2) is 24.9 Å². The van der Waals surface area contributed by atoms with Crippen LogP contribution in [0, 0.1) is 0 Å². The second-order valence-electron chi connectivity index (χ2n) is 13.4. The van der Waals surface area contributed by atoms with Crippen LogP contribution in [0.15, 0.2) is 153 Å². The van der Waals surface area contributed by atoms with E-state index in [1.165, 1.54) is 56.7 Å². The maximum Gasteiger partial charge on any atom is 0.161 e. The molecule has 10 rings (SSSR count). The summed E-state index contributed by atoms with van der Waals surface area (Å²) in [5, 5.41) is 7.25. The number of aliphatic imine (C=N–C) groups is 3. The summed E-state index contributed by atoms with van der Waals surface area (Å²) in [6.45, 7) is 6.42. The maximum absolute atomic E-state index is 6.46. The van der Waals surface area contributed by atoms with Gasteiger partial charge >= 0.3 is 0 Å².